The van der Waals surface area contributed by atoms with E-state index >= 15 is 0 Å². The number of halogens is 1. The molecule has 0 aliphatic rings. The molecule has 0 fully saturated rings. The molecule has 1 amide bonds. The number of amides is 1. The number of carbonyl (C=O) groups excluding carboxylic acids is 1. The van der Waals surface area contributed by atoms with Crippen molar-refractivity contribution in [1.82, 2.24) is 4.57 Å². The van der Waals surface area contributed by atoms with Gasteiger partial charge in [-0.05, 0) is 62.7 Å². The largest absolute Gasteiger partial charge is 0.481 e. The van der Waals surface area contributed by atoms with Crippen molar-refractivity contribution >= 4 is 33.1 Å². The third kappa shape index (κ3) is 4.19. The van der Waals surface area contributed by atoms with Gasteiger partial charge in [-0.25, -0.2) is 4.39 Å². The number of nitrogens with one attached hydrogen (secondary N) is 1. The maximum Gasteiger partial charge on any atom is 0.308 e. The van der Waals surface area contributed by atoms with E-state index in [2.05, 4.69) is 5.32 Å². The van der Waals surface area contributed by atoms with Crippen LogP contribution in [0, 0.1) is 5.82 Å². The molecule has 5 nitrogen and oxygen atoms in total. The Bertz CT molecular complexity index is 1010. The van der Waals surface area contributed by atoms with Gasteiger partial charge in [0.1, 0.15) is 11.6 Å². The van der Waals surface area contributed by atoms with Crippen molar-refractivity contribution in [2.24, 2.45) is 0 Å². The second-order valence-electron chi connectivity index (χ2n) is 6.47. The number of thiazole rings is 1. The second-order valence-corrected chi connectivity index (χ2v) is 7.47. The number of benzene rings is 2. The number of hydrogen-bond acceptors (Lipinski definition) is 4. The van der Waals surface area contributed by atoms with Crippen molar-refractivity contribution in [2.75, 3.05) is 5.32 Å². The number of anilines is 1. The van der Waals surface area contributed by atoms with Crippen LogP contribution in [0.2, 0.25) is 0 Å². The molecule has 0 saturated heterocycles. The molecule has 7 heteroatoms. The molecule has 27 heavy (non-hydrogen) atoms. The van der Waals surface area contributed by atoms with E-state index < -0.39 is 6.10 Å². The number of ether oxygens (including phenoxy) is 1. The third-order valence-electron chi connectivity index (χ3n) is 4.15. The van der Waals surface area contributed by atoms with E-state index in [1.165, 1.54) is 24.3 Å². The number of aromatic nitrogens is 1. The van der Waals surface area contributed by atoms with E-state index in [-0.39, 0.29) is 22.6 Å². The van der Waals surface area contributed by atoms with Gasteiger partial charge >= 0.3 is 4.87 Å². The molecule has 3 aromatic rings. The van der Waals surface area contributed by atoms with Crippen molar-refractivity contribution in [2.45, 2.75) is 39.3 Å². The Hall–Kier alpha value is -2.67. The summed E-state index contributed by atoms with van der Waals surface area (Å²) in [7, 11) is 0. The summed E-state index contributed by atoms with van der Waals surface area (Å²) in [5.74, 6) is -0.224. The summed E-state index contributed by atoms with van der Waals surface area (Å²) in [6.45, 7) is 5.76. The van der Waals surface area contributed by atoms with Gasteiger partial charge < -0.3 is 10.1 Å². The summed E-state index contributed by atoms with van der Waals surface area (Å²) in [6.07, 6.45) is -0.243. The Morgan fingerprint density at radius 2 is 1.93 bits per heavy atom. The van der Waals surface area contributed by atoms with Crippen molar-refractivity contribution in [3.8, 4) is 5.75 Å². The summed E-state index contributed by atoms with van der Waals surface area (Å²) in [4.78, 5) is 24.7. The van der Waals surface area contributed by atoms with Gasteiger partial charge in [-0.1, -0.05) is 18.3 Å². The molecule has 0 radical (unpaired) electrons. The van der Waals surface area contributed by atoms with Crippen molar-refractivity contribution < 1.29 is 13.9 Å². The molecular weight excluding hydrogens is 367 g/mol. The highest BCUT2D eigenvalue weighted by Crippen LogP contribution is 2.24. The van der Waals surface area contributed by atoms with Gasteiger partial charge in [0, 0.05) is 11.7 Å². The van der Waals surface area contributed by atoms with Crippen molar-refractivity contribution in [1.29, 1.82) is 0 Å². The molecule has 1 atom stereocenters. The van der Waals surface area contributed by atoms with Gasteiger partial charge in [-0.3, -0.25) is 14.2 Å². The minimum Gasteiger partial charge on any atom is -0.481 e. The fraction of sp³-hybridized carbons (Fsp3) is 0.300. The summed E-state index contributed by atoms with van der Waals surface area (Å²) in [5.41, 5.74) is 1.46. The highest BCUT2D eigenvalue weighted by Gasteiger charge is 2.19. The average molecular weight is 388 g/mol. The molecule has 0 spiro atoms. The molecule has 142 valence electrons. The molecule has 1 aromatic heterocycles. The topological polar surface area (TPSA) is 60.3 Å². The first-order valence-electron chi connectivity index (χ1n) is 8.77. The van der Waals surface area contributed by atoms with Crippen LogP contribution < -0.4 is 14.9 Å². The zero-order chi connectivity index (χ0) is 19.6. The number of rotatable bonds is 6. The first-order chi connectivity index (χ1) is 12.9. The van der Waals surface area contributed by atoms with Crippen LogP contribution in [0.5, 0.6) is 5.75 Å². The van der Waals surface area contributed by atoms with E-state index in [9.17, 15) is 14.0 Å². The molecule has 0 bridgehead atoms. The minimum absolute atomic E-state index is 0.0189. The predicted octanol–water partition coefficient (Wildman–Crippen LogP) is 4.58. The number of hydrogen-bond donors (Lipinski definition) is 1. The Labute approximate surface area is 160 Å². The van der Waals surface area contributed by atoms with Gasteiger partial charge in [0.2, 0.25) is 0 Å². The van der Waals surface area contributed by atoms with E-state index in [4.69, 9.17) is 4.74 Å². The fourth-order valence-corrected chi connectivity index (χ4v) is 3.88. The van der Waals surface area contributed by atoms with Crippen LogP contribution in [-0.2, 0) is 4.79 Å². The maximum atomic E-state index is 13.0. The van der Waals surface area contributed by atoms with Gasteiger partial charge in [0.15, 0.2) is 6.10 Å². The number of fused-ring (bicyclic) bond motifs is 1. The predicted molar refractivity (Wildman–Crippen MR) is 106 cm³/mol. The van der Waals surface area contributed by atoms with E-state index in [1.807, 2.05) is 26.8 Å². The van der Waals surface area contributed by atoms with Crippen LogP contribution in [0.4, 0.5) is 10.1 Å². The van der Waals surface area contributed by atoms with Crippen LogP contribution in [-0.4, -0.2) is 16.6 Å². The zero-order valence-electron chi connectivity index (χ0n) is 15.4. The molecule has 0 saturated carbocycles. The third-order valence-corrected chi connectivity index (χ3v) is 5.07. The first-order valence-corrected chi connectivity index (χ1v) is 9.59. The smallest absolute Gasteiger partial charge is 0.308 e. The number of carbonyl (C=O) groups is 1. The lowest BCUT2D eigenvalue weighted by Crippen LogP contribution is -2.32. The van der Waals surface area contributed by atoms with Gasteiger partial charge in [0.05, 0.1) is 10.2 Å². The van der Waals surface area contributed by atoms with Gasteiger partial charge in [-0.2, -0.15) is 0 Å². The summed E-state index contributed by atoms with van der Waals surface area (Å²) < 4.78 is 21.2. The Kier molecular flexibility index (Phi) is 5.60. The maximum absolute atomic E-state index is 13.0. The molecule has 1 heterocycles. The Balaban J connectivity index is 1.77. The van der Waals surface area contributed by atoms with Crippen LogP contribution >= 0.6 is 11.3 Å². The van der Waals surface area contributed by atoms with Crippen molar-refractivity contribution in [3.05, 3.63) is 57.9 Å². The van der Waals surface area contributed by atoms with Gasteiger partial charge in [-0.15, -0.1) is 0 Å². The Morgan fingerprint density at radius 3 is 2.56 bits per heavy atom. The van der Waals surface area contributed by atoms with Crippen molar-refractivity contribution in [3.63, 3.8) is 0 Å². The molecular formula is C20H21FN2O3S. The molecule has 2 aromatic carbocycles. The number of nitrogens with zero attached hydrogens (tertiary/aromatic N) is 1. The molecule has 0 aliphatic heterocycles. The van der Waals surface area contributed by atoms with Crippen LogP contribution in [0.15, 0.2) is 47.3 Å². The van der Waals surface area contributed by atoms with E-state index in [1.54, 1.807) is 16.7 Å². The average Bonchev–Trinajstić information content (AvgIpc) is 2.96. The Morgan fingerprint density at radius 1 is 1.22 bits per heavy atom. The van der Waals surface area contributed by atoms with Gasteiger partial charge in [0.25, 0.3) is 5.91 Å². The molecule has 0 aliphatic carbocycles. The monoisotopic (exact) mass is 388 g/mol. The minimum atomic E-state index is -0.704. The lowest BCUT2D eigenvalue weighted by molar-refractivity contribution is -0.122. The van der Waals surface area contributed by atoms with Crippen LogP contribution in [0.3, 0.4) is 0 Å². The highest BCUT2D eigenvalue weighted by molar-refractivity contribution is 7.16. The fourth-order valence-electron chi connectivity index (χ4n) is 2.83. The van der Waals surface area contributed by atoms with E-state index in [0.29, 0.717) is 17.9 Å². The standard InChI is InChI=1S/C20H21FN2O3S/c1-4-17(26-15-8-5-13(21)6-9-15)19(24)22-14-7-10-16-18(11-14)27-20(25)23(16)12(2)3/h5-12,17H,4H2,1-3H3,(H,22,24). The molecule has 1 unspecified atom stereocenters. The second kappa shape index (κ2) is 7.92. The lowest BCUT2D eigenvalue weighted by Gasteiger charge is -2.17. The van der Waals surface area contributed by atoms with E-state index in [0.717, 1.165) is 21.6 Å². The summed E-state index contributed by atoms with van der Waals surface area (Å²) >= 11 is 1.16. The quantitative estimate of drug-likeness (QED) is 0.672. The summed E-state index contributed by atoms with van der Waals surface area (Å²) in [6, 6.07) is 11.0. The molecule has 3 rings (SSSR count). The SMILES string of the molecule is CCC(Oc1ccc(F)cc1)C(=O)Nc1ccc2c(c1)sc(=O)n2C(C)C. The summed E-state index contributed by atoms with van der Waals surface area (Å²) in [5, 5.41) is 2.83. The lowest BCUT2D eigenvalue weighted by atomic mass is 10.2. The molecule has 1 N–H and O–H groups in total. The normalized spacial score (nSPS) is 12.3. The van der Waals surface area contributed by atoms with Crippen LogP contribution in [0.25, 0.3) is 10.2 Å². The highest BCUT2D eigenvalue weighted by atomic mass is 32.1. The zero-order valence-corrected chi connectivity index (χ0v) is 16.2. The van der Waals surface area contributed by atoms with Crippen LogP contribution in [0.1, 0.15) is 33.2 Å². The first kappa shape index (κ1) is 19.1.